The average molecular weight is 312 g/mol. The van der Waals surface area contributed by atoms with Gasteiger partial charge in [-0.15, -0.1) is 11.3 Å². The Bertz CT molecular complexity index is 515. The molecule has 1 atom stereocenters. The first kappa shape index (κ1) is 15.9. The molecule has 1 aliphatic rings. The minimum absolute atomic E-state index is 0.0931. The van der Waals surface area contributed by atoms with Crippen molar-refractivity contribution in [2.75, 3.05) is 58.9 Å². The number of nitrogens with zero attached hydrogens (tertiary/aromatic N) is 2. The van der Waals surface area contributed by atoms with Crippen LogP contribution in [0.4, 0.5) is 10.7 Å². The fraction of sp³-hybridized carbons (Fsp3) is 0.643. The van der Waals surface area contributed by atoms with Crippen LogP contribution >= 0.6 is 11.3 Å². The predicted octanol–water partition coefficient (Wildman–Crippen LogP) is 1.40. The summed E-state index contributed by atoms with van der Waals surface area (Å²) in [5.41, 5.74) is 6.47. The van der Waals surface area contributed by atoms with Gasteiger partial charge in [0.25, 0.3) is 5.91 Å². The number of methoxy groups -OCH3 is 1. The van der Waals surface area contributed by atoms with Gasteiger partial charge >= 0.3 is 0 Å². The van der Waals surface area contributed by atoms with Gasteiger partial charge in [0.05, 0.1) is 7.11 Å². The van der Waals surface area contributed by atoms with Gasteiger partial charge in [0.2, 0.25) is 0 Å². The molecule has 3 N–H and O–H groups in total. The van der Waals surface area contributed by atoms with Crippen LogP contribution < -0.4 is 15.8 Å². The summed E-state index contributed by atoms with van der Waals surface area (Å²) in [6, 6.07) is 0. The zero-order chi connectivity index (χ0) is 15.6. The Hall–Kier alpha value is -1.47. The highest BCUT2D eigenvalue weighted by molar-refractivity contribution is 7.19. The Kier molecular flexibility index (Phi) is 4.95. The molecule has 2 rings (SSSR count). The second-order valence-corrected chi connectivity index (χ2v) is 6.73. The summed E-state index contributed by atoms with van der Waals surface area (Å²) >= 11 is 1.37. The fourth-order valence-corrected chi connectivity index (χ4v) is 3.66. The number of nitrogen functional groups attached to an aromatic ring is 1. The molecule has 21 heavy (non-hydrogen) atoms. The van der Waals surface area contributed by atoms with Gasteiger partial charge in [-0.25, -0.2) is 0 Å². The highest BCUT2D eigenvalue weighted by atomic mass is 32.1. The first-order valence-corrected chi connectivity index (χ1v) is 7.86. The van der Waals surface area contributed by atoms with Crippen molar-refractivity contribution in [3.8, 4) is 5.75 Å². The summed E-state index contributed by atoms with van der Waals surface area (Å²) in [6.45, 7) is 3.11. The number of ether oxygens (including phenoxy) is 1. The molecule has 6 nitrogen and oxygen atoms in total. The molecule has 0 spiro atoms. The maximum atomic E-state index is 12.1. The maximum absolute atomic E-state index is 12.1. The van der Waals surface area contributed by atoms with Crippen LogP contribution in [-0.2, 0) is 0 Å². The van der Waals surface area contributed by atoms with E-state index in [1.165, 1.54) is 22.7 Å². The van der Waals surface area contributed by atoms with Crippen LogP contribution in [0.1, 0.15) is 16.1 Å². The van der Waals surface area contributed by atoms with E-state index in [9.17, 15) is 4.79 Å². The number of hydrogen-bond donors (Lipinski definition) is 2. The second kappa shape index (κ2) is 6.53. The number of carbonyl (C=O) groups excluding carboxylic acids is 1. The summed E-state index contributed by atoms with van der Waals surface area (Å²) in [5.74, 6) is 1.11. The van der Waals surface area contributed by atoms with Crippen molar-refractivity contribution >= 4 is 27.9 Å². The number of anilines is 2. The maximum Gasteiger partial charge on any atom is 0.265 e. The summed E-state index contributed by atoms with van der Waals surface area (Å²) in [6.07, 6.45) is 1.19. The van der Waals surface area contributed by atoms with Gasteiger partial charge in [0.1, 0.15) is 15.6 Å². The minimum atomic E-state index is -0.0931. The molecule has 1 aromatic rings. The SMILES string of the molecule is COc1c(NCC2CCN(C)C2)sc(C(=O)N(C)C)c1N. The largest absolute Gasteiger partial charge is 0.492 e. The van der Waals surface area contributed by atoms with Crippen LogP contribution in [-0.4, -0.2) is 63.6 Å². The van der Waals surface area contributed by atoms with Gasteiger partial charge in [-0.2, -0.15) is 0 Å². The monoisotopic (exact) mass is 312 g/mol. The number of thiophene rings is 1. The molecular weight excluding hydrogens is 288 g/mol. The molecule has 1 fully saturated rings. The molecule has 1 aliphatic heterocycles. The van der Waals surface area contributed by atoms with E-state index in [-0.39, 0.29) is 5.91 Å². The number of rotatable bonds is 5. The molecule has 0 aromatic carbocycles. The van der Waals surface area contributed by atoms with Crippen LogP contribution in [0.25, 0.3) is 0 Å². The van der Waals surface area contributed by atoms with Crippen LogP contribution in [0.5, 0.6) is 5.75 Å². The average Bonchev–Trinajstić information content (AvgIpc) is 2.99. The van der Waals surface area contributed by atoms with E-state index in [0.717, 1.165) is 24.6 Å². The van der Waals surface area contributed by atoms with Crippen molar-refractivity contribution in [3.05, 3.63) is 4.88 Å². The standard InChI is InChI=1S/C14H24N4O2S/c1-17(2)14(19)12-10(15)11(20-4)13(21-12)16-7-9-5-6-18(3)8-9/h9,16H,5-8,15H2,1-4H3. The molecule has 0 radical (unpaired) electrons. The van der Waals surface area contributed by atoms with Crippen LogP contribution in [0.15, 0.2) is 0 Å². The van der Waals surface area contributed by atoms with Crippen molar-refractivity contribution in [1.29, 1.82) is 0 Å². The number of amides is 1. The first-order chi connectivity index (χ1) is 9.93. The highest BCUT2D eigenvalue weighted by Gasteiger charge is 2.24. The van der Waals surface area contributed by atoms with Gasteiger partial charge in [-0.05, 0) is 25.9 Å². The molecule has 7 heteroatoms. The molecule has 1 unspecified atom stereocenters. The number of nitrogens with two attached hydrogens (primary N) is 1. The van der Waals surface area contributed by atoms with Gasteiger partial charge in [-0.3, -0.25) is 4.79 Å². The van der Waals surface area contributed by atoms with E-state index < -0.39 is 0 Å². The lowest BCUT2D eigenvalue weighted by molar-refractivity contribution is 0.0833. The number of likely N-dealkylation sites (tertiary alicyclic amines) is 1. The molecule has 1 amide bonds. The Morgan fingerprint density at radius 2 is 2.29 bits per heavy atom. The molecule has 0 saturated carbocycles. The van der Waals surface area contributed by atoms with Crippen LogP contribution in [0, 0.1) is 5.92 Å². The third-order valence-corrected chi connectivity index (χ3v) is 4.88. The molecule has 1 aromatic heterocycles. The highest BCUT2D eigenvalue weighted by Crippen LogP contribution is 2.43. The summed E-state index contributed by atoms with van der Waals surface area (Å²) in [4.78, 5) is 16.5. The lowest BCUT2D eigenvalue weighted by Gasteiger charge is -2.12. The summed E-state index contributed by atoms with van der Waals surface area (Å²) < 4.78 is 5.36. The quantitative estimate of drug-likeness (QED) is 0.860. The topological polar surface area (TPSA) is 70.8 Å². The third-order valence-electron chi connectivity index (χ3n) is 3.74. The van der Waals surface area contributed by atoms with Gasteiger partial charge in [-0.1, -0.05) is 0 Å². The molecule has 0 bridgehead atoms. The van der Waals surface area contributed by atoms with E-state index in [1.807, 2.05) is 0 Å². The first-order valence-electron chi connectivity index (χ1n) is 7.04. The molecular formula is C14H24N4O2S. The minimum Gasteiger partial charge on any atom is -0.492 e. The summed E-state index contributed by atoms with van der Waals surface area (Å²) in [7, 11) is 7.15. The molecule has 118 valence electrons. The lowest BCUT2D eigenvalue weighted by Crippen LogP contribution is -2.21. The molecule has 0 aliphatic carbocycles. The van der Waals surface area contributed by atoms with Crippen LogP contribution in [0.2, 0.25) is 0 Å². The fourth-order valence-electron chi connectivity index (χ4n) is 2.54. The van der Waals surface area contributed by atoms with Crippen LogP contribution in [0.3, 0.4) is 0 Å². The Morgan fingerprint density at radius 3 is 2.81 bits per heavy atom. The molecule has 2 heterocycles. The van der Waals surface area contributed by atoms with Gasteiger partial charge in [0, 0.05) is 27.2 Å². The third kappa shape index (κ3) is 3.41. The number of carbonyl (C=O) groups is 1. The van der Waals surface area contributed by atoms with E-state index in [0.29, 0.717) is 22.2 Å². The van der Waals surface area contributed by atoms with Gasteiger partial charge in [0.15, 0.2) is 5.75 Å². The van der Waals surface area contributed by atoms with Crippen molar-refractivity contribution in [2.45, 2.75) is 6.42 Å². The summed E-state index contributed by atoms with van der Waals surface area (Å²) in [5, 5.41) is 4.24. The van der Waals surface area contributed by atoms with E-state index in [1.54, 1.807) is 21.2 Å². The van der Waals surface area contributed by atoms with Crippen molar-refractivity contribution < 1.29 is 9.53 Å². The van der Waals surface area contributed by atoms with E-state index >= 15 is 0 Å². The van der Waals surface area contributed by atoms with Crippen molar-refractivity contribution in [1.82, 2.24) is 9.80 Å². The smallest absolute Gasteiger partial charge is 0.265 e. The van der Waals surface area contributed by atoms with Crippen molar-refractivity contribution in [3.63, 3.8) is 0 Å². The lowest BCUT2D eigenvalue weighted by atomic mass is 10.1. The van der Waals surface area contributed by atoms with Crippen molar-refractivity contribution in [2.24, 2.45) is 5.92 Å². The predicted molar refractivity (Wildman–Crippen MR) is 87.4 cm³/mol. The van der Waals surface area contributed by atoms with E-state index in [4.69, 9.17) is 10.5 Å². The Labute approximate surface area is 129 Å². The number of hydrogen-bond acceptors (Lipinski definition) is 6. The Morgan fingerprint density at radius 1 is 1.57 bits per heavy atom. The Balaban J connectivity index is 2.11. The van der Waals surface area contributed by atoms with Gasteiger partial charge < -0.3 is 25.6 Å². The molecule has 1 saturated heterocycles. The number of nitrogens with one attached hydrogen (secondary N) is 1. The van der Waals surface area contributed by atoms with E-state index in [2.05, 4.69) is 17.3 Å². The zero-order valence-corrected chi connectivity index (χ0v) is 13.9. The normalized spacial score (nSPS) is 18.8. The second-order valence-electron chi connectivity index (χ2n) is 5.70. The zero-order valence-electron chi connectivity index (χ0n) is 13.1.